The zero-order valence-electron chi connectivity index (χ0n) is 11.4. The first-order chi connectivity index (χ1) is 9.69. The van der Waals surface area contributed by atoms with Crippen LogP contribution in [0.2, 0.25) is 5.02 Å². The number of hydrogen-bond acceptors (Lipinski definition) is 3. The molecule has 1 amide bonds. The standard InChI is InChI=1S/C15H17ClN2O2/c1-2-9-17-14(19)7-8-15-18-10-13(20-15)11-3-5-12(16)6-4-11/h3-6,10H,2,7-9H2,1H3,(H,17,19). The van der Waals surface area contributed by atoms with E-state index in [1.54, 1.807) is 18.3 Å². The highest BCUT2D eigenvalue weighted by Gasteiger charge is 2.08. The van der Waals surface area contributed by atoms with Crippen LogP contribution in [-0.4, -0.2) is 17.4 Å². The smallest absolute Gasteiger partial charge is 0.220 e. The summed E-state index contributed by atoms with van der Waals surface area (Å²) in [7, 11) is 0. The van der Waals surface area contributed by atoms with E-state index >= 15 is 0 Å². The van der Waals surface area contributed by atoms with Gasteiger partial charge in [0.1, 0.15) is 0 Å². The zero-order valence-corrected chi connectivity index (χ0v) is 12.1. The highest BCUT2D eigenvalue weighted by molar-refractivity contribution is 6.30. The lowest BCUT2D eigenvalue weighted by molar-refractivity contribution is -0.121. The summed E-state index contributed by atoms with van der Waals surface area (Å²) < 4.78 is 5.63. The maximum atomic E-state index is 11.5. The van der Waals surface area contributed by atoms with Crippen LogP contribution in [0.1, 0.15) is 25.7 Å². The average Bonchev–Trinajstić information content (AvgIpc) is 2.92. The molecule has 0 aliphatic heterocycles. The van der Waals surface area contributed by atoms with E-state index in [0.717, 1.165) is 12.0 Å². The van der Waals surface area contributed by atoms with E-state index in [1.807, 2.05) is 19.1 Å². The number of carbonyl (C=O) groups is 1. The highest BCUT2D eigenvalue weighted by atomic mass is 35.5. The molecule has 1 aromatic heterocycles. The molecule has 0 unspecified atom stereocenters. The number of carbonyl (C=O) groups excluding carboxylic acids is 1. The summed E-state index contributed by atoms with van der Waals surface area (Å²) in [5.74, 6) is 1.28. The van der Waals surface area contributed by atoms with Crippen LogP contribution < -0.4 is 5.32 Å². The van der Waals surface area contributed by atoms with Crippen molar-refractivity contribution in [1.29, 1.82) is 0 Å². The molecule has 5 heteroatoms. The summed E-state index contributed by atoms with van der Waals surface area (Å²) >= 11 is 5.84. The largest absolute Gasteiger partial charge is 0.441 e. The predicted molar refractivity (Wildman–Crippen MR) is 78.6 cm³/mol. The molecule has 4 nitrogen and oxygen atoms in total. The van der Waals surface area contributed by atoms with Crippen molar-refractivity contribution >= 4 is 17.5 Å². The fourth-order valence-electron chi connectivity index (χ4n) is 1.75. The van der Waals surface area contributed by atoms with Crippen molar-refractivity contribution in [2.75, 3.05) is 6.54 Å². The first-order valence-electron chi connectivity index (χ1n) is 6.66. The Morgan fingerprint density at radius 1 is 1.35 bits per heavy atom. The van der Waals surface area contributed by atoms with Gasteiger partial charge in [0.2, 0.25) is 5.91 Å². The molecule has 1 aromatic carbocycles. The van der Waals surface area contributed by atoms with E-state index in [-0.39, 0.29) is 5.91 Å². The molecule has 0 fully saturated rings. The molecule has 0 saturated heterocycles. The zero-order chi connectivity index (χ0) is 14.4. The summed E-state index contributed by atoms with van der Waals surface area (Å²) in [5, 5.41) is 3.51. The summed E-state index contributed by atoms with van der Waals surface area (Å²) in [6.45, 7) is 2.73. The van der Waals surface area contributed by atoms with Crippen LogP contribution in [0.4, 0.5) is 0 Å². The molecule has 2 aromatic rings. The third-order valence-electron chi connectivity index (χ3n) is 2.82. The minimum Gasteiger partial charge on any atom is -0.441 e. The Morgan fingerprint density at radius 3 is 2.80 bits per heavy atom. The number of nitrogens with zero attached hydrogens (tertiary/aromatic N) is 1. The van der Waals surface area contributed by atoms with Gasteiger partial charge in [0.15, 0.2) is 11.7 Å². The number of benzene rings is 1. The molecular weight excluding hydrogens is 276 g/mol. The Morgan fingerprint density at radius 2 is 2.10 bits per heavy atom. The van der Waals surface area contributed by atoms with Crippen LogP contribution >= 0.6 is 11.6 Å². The molecule has 1 N–H and O–H groups in total. The fraction of sp³-hybridized carbons (Fsp3) is 0.333. The molecule has 0 radical (unpaired) electrons. The van der Waals surface area contributed by atoms with Gasteiger partial charge >= 0.3 is 0 Å². The van der Waals surface area contributed by atoms with Crippen molar-refractivity contribution in [2.24, 2.45) is 0 Å². The average molecular weight is 293 g/mol. The summed E-state index contributed by atoms with van der Waals surface area (Å²) in [5.41, 5.74) is 0.920. The van der Waals surface area contributed by atoms with E-state index in [0.29, 0.717) is 36.1 Å². The van der Waals surface area contributed by atoms with Gasteiger partial charge in [0, 0.05) is 30.0 Å². The van der Waals surface area contributed by atoms with Crippen molar-refractivity contribution in [1.82, 2.24) is 10.3 Å². The molecule has 0 aliphatic carbocycles. The molecule has 0 spiro atoms. The van der Waals surface area contributed by atoms with E-state index < -0.39 is 0 Å². The lowest BCUT2D eigenvalue weighted by Gasteiger charge is -2.01. The van der Waals surface area contributed by atoms with Crippen molar-refractivity contribution in [3.8, 4) is 11.3 Å². The number of amides is 1. The third-order valence-corrected chi connectivity index (χ3v) is 3.07. The third kappa shape index (κ3) is 4.10. The van der Waals surface area contributed by atoms with Gasteiger partial charge in [-0.1, -0.05) is 18.5 Å². The minimum absolute atomic E-state index is 0.0260. The minimum atomic E-state index is 0.0260. The van der Waals surface area contributed by atoms with Gasteiger partial charge in [0.05, 0.1) is 6.20 Å². The van der Waals surface area contributed by atoms with Crippen LogP contribution in [0.25, 0.3) is 11.3 Å². The van der Waals surface area contributed by atoms with Gasteiger partial charge < -0.3 is 9.73 Å². The van der Waals surface area contributed by atoms with Crippen LogP contribution in [0.15, 0.2) is 34.9 Å². The lowest BCUT2D eigenvalue weighted by atomic mass is 10.2. The maximum absolute atomic E-state index is 11.5. The Labute approximate surface area is 123 Å². The lowest BCUT2D eigenvalue weighted by Crippen LogP contribution is -2.24. The van der Waals surface area contributed by atoms with Crippen LogP contribution in [0.5, 0.6) is 0 Å². The van der Waals surface area contributed by atoms with Gasteiger partial charge in [-0.25, -0.2) is 4.98 Å². The Kier molecular flexibility index (Phi) is 5.18. The van der Waals surface area contributed by atoms with Crippen LogP contribution in [-0.2, 0) is 11.2 Å². The van der Waals surface area contributed by atoms with Crippen LogP contribution in [0.3, 0.4) is 0 Å². The molecule has 0 aliphatic rings. The number of aromatic nitrogens is 1. The molecule has 0 bridgehead atoms. The second-order valence-corrected chi connectivity index (χ2v) is 4.91. The SMILES string of the molecule is CCCNC(=O)CCc1ncc(-c2ccc(Cl)cc2)o1. The van der Waals surface area contributed by atoms with Crippen molar-refractivity contribution in [3.05, 3.63) is 41.4 Å². The van der Waals surface area contributed by atoms with E-state index in [2.05, 4.69) is 10.3 Å². The Balaban J connectivity index is 1.92. The molecule has 0 saturated carbocycles. The summed E-state index contributed by atoms with van der Waals surface area (Å²) in [6, 6.07) is 7.36. The molecule has 1 heterocycles. The van der Waals surface area contributed by atoms with Crippen molar-refractivity contribution in [2.45, 2.75) is 26.2 Å². The number of hydrogen-bond donors (Lipinski definition) is 1. The van der Waals surface area contributed by atoms with Gasteiger partial charge in [-0.2, -0.15) is 0 Å². The number of oxazole rings is 1. The first-order valence-corrected chi connectivity index (χ1v) is 7.04. The number of nitrogens with one attached hydrogen (secondary N) is 1. The Bertz CT molecular complexity index is 564. The van der Waals surface area contributed by atoms with Gasteiger partial charge in [0.25, 0.3) is 0 Å². The quantitative estimate of drug-likeness (QED) is 0.887. The van der Waals surface area contributed by atoms with Gasteiger partial charge in [-0.3, -0.25) is 4.79 Å². The number of rotatable bonds is 6. The molecule has 0 atom stereocenters. The topological polar surface area (TPSA) is 55.1 Å². The predicted octanol–water partition coefficient (Wildman–Crippen LogP) is 3.45. The Hall–Kier alpha value is -1.81. The van der Waals surface area contributed by atoms with Gasteiger partial charge in [-0.15, -0.1) is 0 Å². The highest BCUT2D eigenvalue weighted by Crippen LogP contribution is 2.22. The van der Waals surface area contributed by atoms with E-state index in [4.69, 9.17) is 16.0 Å². The fourth-order valence-corrected chi connectivity index (χ4v) is 1.87. The molecule has 20 heavy (non-hydrogen) atoms. The molecule has 106 valence electrons. The normalized spacial score (nSPS) is 10.5. The van der Waals surface area contributed by atoms with Crippen molar-refractivity contribution in [3.63, 3.8) is 0 Å². The van der Waals surface area contributed by atoms with E-state index in [9.17, 15) is 4.79 Å². The van der Waals surface area contributed by atoms with Crippen molar-refractivity contribution < 1.29 is 9.21 Å². The second kappa shape index (κ2) is 7.10. The molecule has 2 rings (SSSR count). The number of aryl methyl sites for hydroxylation is 1. The summed E-state index contributed by atoms with van der Waals surface area (Å²) in [6.07, 6.45) is 3.50. The first kappa shape index (κ1) is 14.6. The summed E-state index contributed by atoms with van der Waals surface area (Å²) in [4.78, 5) is 15.7. The second-order valence-electron chi connectivity index (χ2n) is 4.48. The monoisotopic (exact) mass is 292 g/mol. The van der Waals surface area contributed by atoms with Crippen LogP contribution in [0, 0.1) is 0 Å². The maximum Gasteiger partial charge on any atom is 0.220 e. The van der Waals surface area contributed by atoms with E-state index in [1.165, 1.54) is 0 Å². The number of halogens is 1. The molecular formula is C15H17ClN2O2. The van der Waals surface area contributed by atoms with Gasteiger partial charge in [-0.05, 0) is 30.7 Å².